The van der Waals surface area contributed by atoms with E-state index in [0.29, 0.717) is 0 Å². The molecule has 0 saturated carbocycles. The molecule has 0 aliphatic heterocycles. The fourth-order valence-corrected chi connectivity index (χ4v) is 6.77. The Morgan fingerprint density at radius 1 is 0.326 bits per heavy atom. The molecule has 0 atom stereocenters. The fourth-order valence-electron chi connectivity index (χ4n) is 6.77. The van der Waals surface area contributed by atoms with Crippen LogP contribution < -0.4 is 4.57 Å². The van der Waals surface area contributed by atoms with Crippen LogP contribution in [0.25, 0.3) is 0 Å². The van der Waals surface area contributed by atoms with Crippen molar-refractivity contribution < 1.29 is 4.57 Å². The molecule has 0 aromatic carbocycles. The van der Waals surface area contributed by atoms with Gasteiger partial charge in [-0.05, 0) is 38.2 Å². The molecule has 1 aromatic heterocycles. The van der Waals surface area contributed by atoms with Gasteiger partial charge < -0.3 is 0 Å². The van der Waals surface area contributed by atoms with Crippen LogP contribution in [-0.4, -0.2) is 0 Å². The number of hydrogen-bond donors (Lipinski definition) is 0. The molecule has 1 heterocycles. The molecule has 1 heteroatoms. The van der Waals surface area contributed by atoms with Gasteiger partial charge in [-0.3, -0.25) is 0 Å². The second-order valence-electron chi connectivity index (χ2n) is 14.2. The van der Waals surface area contributed by atoms with Gasteiger partial charge in [0.05, 0.1) is 0 Å². The zero-order valence-corrected chi connectivity index (χ0v) is 30.2. The highest BCUT2D eigenvalue weighted by Crippen LogP contribution is 2.16. The molecule has 1 nitrogen and oxygen atoms in total. The van der Waals surface area contributed by atoms with Crippen LogP contribution in [0.1, 0.15) is 231 Å². The van der Waals surface area contributed by atoms with Crippen molar-refractivity contribution in [3.63, 3.8) is 0 Å². The lowest BCUT2D eigenvalue weighted by atomic mass is 10.0. The first kappa shape index (κ1) is 40.2. The van der Waals surface area contributed by atoms with Crippen molar-refractivity contribution >= 4 is 0 Å². The minimum absolute atomic E-state index is 1.22. The SMILES string of the molecule is CCCCCCCCCCCCC[n+]1cc(CCCCCCCCCCCC)cc(CCCCCCCCCCCC)c1. The highest BCUT2D eigenvalue weighted by Gasteiger charge is 2.09. The van der Waals surface area contributed by atoms with Gasteiger partial charge in [0, 0.05) is 17.5 Å². The van der Waals surface area contributed by atoms with Crippen LogP contribution in [0.2, 0.25) is 0 Å². The number of aromatic nitrogens is 1. The predicted molar refractivity (Wildman–Crippen MR) is 194 cm³/mol. The molecule has 0 fully saturated rings. The van der Waals surface area contributed by atoms with Gasteiger partial charge in [0.15, 0.2) is 12.4 Å². The van der Waals surface area contributed by atoms with Gasteiger partial charge in [0.2, 0.25) is 0 Å². The van der Waals surface area contributed by atoms with Gasteiger partial charge in [-0.25, -0.2) is 4.57 Å². The largest absolute Gasteiger partial charge is 0.205 e. The normalized spacial score (nSPS) is 11.5. The van der Waals surface area contributed by atoms with Gasteiger partial charge >= 0.3 is 0 Å². The van der Waals surface area contributed by atoms with Crippen LogP contribution in [0, 0.1) is 0 Å². The average Bonchev–Trinajstić information content (AvgIpc) is 3.01. The topological polar surface area (TPSA) is 3.88 Å². The summed E-state index contributed by atoms with van der Waals surface area (Å²) in [6.07, 6.45) is 51.8. The summed E-state index contributed by atoms with van der Waals surface area (Å²) in [5, 5.41) is 0. The summed E-state index contributed by atoms with van der Waals surface area (Å²) >= 11 is 0. The van der Waals surface area contributed by atoms with Crippen LogP contribution in [0.3, 0.4) is 0 Å². The van der Waals surface area contributed by atoms with E-state index in [1.165, 1.54) is 218 Å². The number of hydrogen-bond acceptors (Lipinski definition) is 0. The van der Waals surface area contributed by atoms with E-state index in [9.17, 15) is 0 Å². The number of unbranched alkanes of at least 4 members (excludes halogenated alkanes) is 28. The Labute approximate surface area is 272 Å². The van der Waals surface area contributed by atoms with Gasteiger partial charge in [-0.1, -0.05) is 194 Å². The highest BCUT2D eigenvalue weighted by molar-refractivity contribution is 5.15. The minimum Gasteiger partial charge on any atom is -0.205 e. The van der Waals surface area contributed by atoms with Gasteiger partial charge in [0.1, 0.15) is 6.54 Å². The standard InChI is InChI=1S/C42H80N/c1-4-7-10-13-16-19-22-25-28-31-34-37-43-39-41(35-32-29-26-23-20-17-14-11-8-5-2)38-42(40-43)36-33-30-27-24-21-18-15-12-9-6-3/h38-40H,4-37H2,1-3H3/q+1. The average molecular weight is 599 g/mol. The summed E-state index contributed by atoms with van der Waals surface area (Å²) in [6.45, 7) is 8.16. The van der Waals surface area contributed by atoms with Crippen molar-refractivity contribution in [2.45, 2.75) is 239 Å². The second kappa shape index (κ2) is 32.5. The minimum atomic E-state index is 1.22. The summed E-state index contributed by atoms with van der Waals surface area (Å²) in [5.41, 5.74) is 3.21. The number of nitrogens with zero attached hydrogens (tertiary/aromatic N) is 1. The van der Waals surface area contributed by atoms with Crippen molar-refractivity contribution in [1.29, 1.82) is 0 Å². The lowest BCUT2D eigenvalue weighted by Gasteiger charge is -2.07. The zero-order valence-electron chi connectivity index (χ0n) is 30.2. The lowest BCUT2D eigenvalue weighted by Crippen LogP contribution is -2.34. The molecule has 43 heavy (non-hydrogen) atoms. The zero-order chi connectivity index (χ0) is 30.9. The molecule has 1 rings (SSSR count). The van der Waals surface area contributed by atoms with Crippen molar-refractivity contribution in [2.75, 3.05) is 0 Å². The van der Waals surface area contributed by atoms with E-state index in [0.717, 1.165) is 0 Å². The molecule has 0 N–H and O–H groups in total. The van der Waals surface area contributed by atoms with Crippen LogP contribution in [-0.2, 0) is 19.4 Å². The first-order valence-corrected chi connectivity index (χ1v) is 20.3. The van der Waals surface area contributed by atoms with E-state index in [4.69, 9.17) is 0 Å². The highest BCUT2D eigenvalue weighted by atomic mass is 14.9. The van der Waals surface area contributed by atoms with E-state index in [1.807, 2.05) is 0 Å². The Kier molecular flexibility index (Phi) is 30.4. The van der Waals surface area contributed by atoms with Crippen LogP contribution in [0.4, 0.5) is 0 Å². The second-order valence-corrected chi connectivity index (χ2v) is 14.2. The third-order valence-electron chi connectivity index (χ3n) is 9.69. The van der Waals surface area contributed by atoms with Crippen molar-refractivity contribution in [1.82, 2.24) is 0 Å². The molecule has 0 aliphatic rings. The Hall–Kier alpha value is -0.850. The first-order valence-electron chi connectivity index (χ1n) is 20.3. The first-order chi connectivity index (χ1) is 21.3. The van der Waals surface area contributed by atoms with Crippen molar-refractivity contribution in [3.05, 3.63) is 29.6 Å². The quantitative estimate of drug-likeness (QED) is 0.0549. The predicted octanol–water partition coefficient (Wildman–Crippen LogP) is 14.2. The Morgan fingerprint density at radius 3 is 0.884 bits per heavy atom. The van der Waals surface area contributed by atoms with E-state index in [2.05, 4.69) is 43.8 Å². The maximum atomic E-state index is 2.57. The summed E-state index contributed by atoms with van der Waals surface area (Å²) in [4.78, 5) is 0. The summed E-state index contributed by atoms with van der Waals surface area (Å²) in [7, 11) is 0. The number of aryl methyl sites for hydroxylation is 3. The molecule has 0 amide bonds. The van der Waals surface area contributed by atoms with Crippen LogP contribution in [0.15, 0.2) is 18.5 Å². The van der Waals surface area contributed by atoms with Gasteiger partial charge in [-0.15, -0.1) is 0 Å². The number of pyridine rings is 1. The Balaban J connectivity index is 2.35. The van der Waals surface area contributed by atoms with Crippen LogP contribution >= 0.6 is 0 Å². The van der Waals surface area contributed by atoms with Crippen molar-refractivity contribution in [2.24, 2.45) is 0 Å². The van der Waals surface area contributed by atoms with Gasteiger partial charge in [-0.2, -0.15) is 0 Å². The third kappa shape index (κ3) is 27.2. The van der Waals surface area contributed by atoms with E-state index in [1.54, 1.807) is 11.1 Å². The van der Waals surface area contributed by atoms with E-state index >= 15 is 0 Å². The van der Waals surface area contributed by atoms with E-state index in [-0.39, 0.29) is 0 Å². The Bertz CT molecular complexity index is 637. The molecule has 0 aliphatic carbocycles. The monoisotopic (exact) mass is 599 g/mol. The number of rotatable bonds is 34. The molecule has 1 aromatic rings. The molecule has 0 spiro atoms. The maximum Gasteiger partial charge on any atom is 0.171 e. The lowest BCUT2D eigenvalue weighted by molar-refractivity contribution is -0.698. The van der Waals surface area contributed by atoms with Gasteiger partial charge in [0.25, 0.3) is 0 Å². The van der Waals surface area contributed by atoms with Crippen molar-refractivity contribution in [3.8, 4) is 0 Å². The van der Waals surface area contributed by atoms with Crippen LogP contribution in [0.5, 0.6) is 0 Å². The molecular weight excluding hydrogens is 518 g/mol. The molecule has 0 bridgehead atoms. The van der Waals surface area contributed by atoms with E-state index < -0.39 is 0 Å². The molecular formula is C42H80N+. The molecule has 0 radical (unpaired) electrons. The summed E-state index contributed by atoms with van der Waals surface area (Å²) in [5.74, 6) is 0. The smallest absolute Gasteiger partial charge is 0.171 e. The Morgan fingerprint density at radius 2 is 0.581 bits per heavy atom. The molecule has 0 saturated heterocycles. The summed E-state index contributed by atoms with van der Waals surface area (Å²) < 4.78 is 2.57. The molecule has 0 unspecified atom stereocenters. The molecule has 252 valence electrons. The summed E-state index contributed by atoms with van der Waals surface area (Å²) in [6, 6.07) is 2.57. The maximum absolute atomic E-state index is 2.57. The third-order valence-corrected chi connectivity index (χ3v) is 9.69. The fraction of sp³-hybridized carbons (Fsp3) is 0.881.